The van der Waals surface area contributed by atoms with E-state index in [1.54, 1.807) is 4.68 Å². The molecule has 0 fully saturated rings. The Kier molecular flexibility index (Phi) is 2.81. The monoisotopic (exact) mass is 217 g/mol. The first-order chi connectivity index (χ1) is 7.70. The van der Waals surface area contributed by atoms with Crippen molar-refractivity contribution in [1.82, 2.24) is 9.78 Å². The van der Waals surface area contributed by atoms with Gasteiger partial charge in [0.1, 0.15) is 11.6 Å². The number of hydrogen-bond acceptors (Lipinski definition) is 3. The lowest BCUT2D eigenvalue weighted by Crippen LogP contribution is -1.97. The Morgan fingerprint density at radius 2 is 2.00 bits per heavy atom. The maximum atomic E-state index is 5.70. The highest BCUT2D eigenvalue weighted by atomic mass is 16.5. The Balaban J connectivity index is 2.27. The molecule has 0 aliphatic carbocycles. The van der Waals surface area contributed by atoms with Gasteiger partial charge in [0.2, 0.25) is 0 Å². The topological polar surface area (TPSA) is 53.1 Å². The predicted molar refractivity (Wildman–Crippen MR) is 63.9 cm³/mol. The lowest BCUT2D eigenvalue weighted by Gasteiger charge is -2.04. The molecule has 1 aromatic carbocycles. The molecule has 0 unspecified atom stereocenters. The highest BCUT2D eigenvalue weighted by Crippen LogP contribution is 2.17. The first kappa shape index (κ1) is 10.5. The number of nitrogens with zero attached hydrogens (tertiary/aromatic N) is 2. The fourth-order valence-electron chi connectivity index (χ4n) is 1.47. The number of anilines is 1. The van der Waals surface area contributed by atoms with Gasteiger partial charge in [0.05, 0.1) is 12.3 Å². The smallest absolute Gasteiger partial charge is 0.148 e. The molecule has 2 rings (SSSR count). The van der Waals surface area contributed by atoms with Crippen LogP contribution in [-0.4, -0.2) is 16.4 Å². The number of nitrogens with two attached hydrogens (primary N) is 1. The molecule has 0 atom stereocenters. The molecule has 16 heavy (non-hydrogen) atoms. The Morgan fingerprint density at radius 3 is 2.50 bits per heavy atom. The summed E-state index contributed by atoms with van der Waals surface area (Å²) in [7, 11) is 0. The summed E-state index contributed by atoms with van der Waals surface area (Å²) in [5, 5.41) is 4.21. The zero-order valence-corrected chi connectivity index (χ0v) is 9.47. The van der Waals surface area contributed by atoms with Crippen molar-refractivity contribution >= 4 is 5.82 Å². The molecule has 0 saturated heterocycles. The summed E-state index contributed by atoms with van der Waals surface area (Å²) in [4.78, 5) is 0. The summed E-state index contributed by atoms with van der Waals surface area (Å²) in [6, 6.07) is 7.76. The van der Waals surface area contributed by atoms with Gasteiger partial charge in [0, 0.05) is 11.8 Å². The summed E-state index contributed by atoms with van der Waals surface area (Å²) in [6.07, 6.45) is 1.91. The zero-order valence-electron chi connectivity index (χ0n) is 9.47. The summed E-state index contributed by atoms with van der Waals surface area (Å²) < 4.78 is 7.14. The number of benzene rings is 1. The van der Waals surface area contributed by atoms with Gasteiger partial charge in [0.15, 0.2) is 0 Å². The van der Waals surface area contributed by atoms with E-state index in [0.29, 0.717) is 12.4 Å². The molecule has 4 heteroatoms. The van der Waals surface area contributed by atoms with Gasteiger partial charge < -0.3 is 10.5 Å². The number of rotatable bonds is 3. The van der Waals surface area contributed by atoms with Crippen molar-refractivity contribution < 1.29 is 4.74 Å². The van der Waals surface area contributed by atoms with E-state index in [1.807, 2.05) is 44.3 Å². The van der Waals surface area contributed by atoms with Crippen molar-refractivity contribution in [2.24, 2.45) is 0 Å². The minimum absolute atomic E-state index is 0.564. The molecule has 0 aliphatic heterocycles. The Morgan fingerprint density at radius 1 is 1.31 bits per heavy atom. The van der Waals surface area contributed by atoms with E-state index < -0.39 is 0 Å². The van der Waals surface area contributed by atoms with Gasteiger partial charge in [-0.05, 0) is 38.1 Å². The standard InChI is InChI=1S/C12H15N3O/c1-3-16-11-6-4-10(5-7-11)15-8-9(2)12(13)14-15/h4-8H,3H2,1-2H3,(H2,13,14). The minimum Gasteiger partial charge on any atom is -0.494 e. The summed E-state index contributed by atoms with van der Waals surface area (Å²) in [5.74, 6) is 1.43. The van der Waals surface area contributed by atoms with Crippen LogP contribution in [0.15, 0.2) is 30.5 Å². The van der Waals surface area contributed by atoms with E-state index in [9.17, 15) is 0 Å². The predicted octanol–water partition coefficient (Wildman–Crippen LogP) is 2.16. The van der Waals surface area contributed by atoms with Gasteiger partial charge in [-0.1, -0.05) is 0 Å². The van der Waals surface area contributed by atoms with Crippen LogP contribution in [0.2, 0.25) is 0 Å². The van der Waals surface area contributed by atoms with Crippen LogP contribution in [-0.2, 0) is 0 Å². The van der Waals surface area contributed by atoms with Gasteiger partial charge in [0.25, 0.3) is 0 Å². The highest BCUT2D eigenvalue weighted by molar-refractivity contribution is 5.42. The SMILES string of the molecule is CCOc1ccc(-n2cc(C)c(N)n2)cc1. The number of aromatic nitrogens is 2. The van der Waals surface area contributed by atoms with Crippen LogP contribution in [0.4, 0.5) is 5.82 Å². The second-order valence-corrected chi connectivity index (χ2v) is 3.57. The second-order valence-electron chi connectivity index (χ2n) is 3.57. The summed E-state index contributed by atoms with van der Waals surface area (Å²) >= 11 is 0. The lowest BCUT2D eigenvalue weighted by atomic mass is 10.3. The second kappa shape index (κ2) is 4.26. The number of ether oxygens (including phenoxy) is 1. The molecule has 0 saturated carbocycles. The molecule has 0 bridgehead atoms. The third-order valence-electron chi connectivity index (χ3n) is 2.35. The molecule has 1 heterocycles. The van der Waals surface area contributed by atoms with Crippen molar-refractivity contribution in [2.75, 3.05) is 12.3 Å². The van der Waals surface area contributed by atoms with Gasteiger partial charge in [-0.3, -0.25) is 0 Å². The van der Waals surface area contributed by atoms with Gasteiger partial charge >= 0.3 is 0 Å². The molecule has 0 spiro atoms. The normalized spacial score (nSPS) is 10.4. The van der Waals surface area contributed by atoms with E-state index in [1.165, 1.54) is 0 Å². The average molecular weight is 217 g/mol. The highest BCUT2D eigenvalue weighted by Gasteiger charge is 2.02. The first-order valence-electron chi connectivity index (χ1n) is 5.25. The van der Waals surface area contributed by atoms with Crippen LogP contribution < -0.4 is 10.5 Å². The van der Waals surface area contributed by atoms with Crippen LogP contribution in [0.25, 0.3) is 5.69 Å². The fraction of sp³-hybridized carbons (Fsp3) is 0.250. The molecule has 84 valence electrons. The maximum Gasteiger partial charge on any atom is 0.148 e. The van der Waals surface area contributed by atoms with Crippen molar-refractivity contribution in [1.29, 1.82) is 0 Å². The van der Waals surface area contributed by atoms with E-state index >= 15 is 0 Å². The number of nitrogen functional groups attached to an aromatic ring is 1. The third-order valence-corrected chi connectivity index (χ3v) is 2.35. The average Bonchev–Trinajstić information content (AvgIpc) is 2.61. The first-order valence-corrected chi connectivity index (χ1v) is 5.25. The molecule has 2 aromatic rings. The zero-order chi connectivity index (χ0) is 11.5. The van der Waals surface area contributed by atoms with Gasteiger partial charge in [-0.2, -0.15) is 5.10 Å². The number of hydrogen-bond donors (Lipinski definition) is 1. The summed E-state index contributed by atoms with van der Waals surface area (Å²) in [5.41, 5.74) is 7.65. The van der Waals surface area contributed by atoms with E-state index in [-0.39, 0.29) is 0 Å². The molecule has 0 aliphatic rings. The third kappa shape index (κ3) is 2.00. The van der Waals surface area contributed by atoms with Crippen LogP contribution in [0, 0.1) is 6.92 Å². The van der Waals surface area contributed by atoms with Crippen LogP contribution in [0.1, 0.15) is 12.5 Å². The molecular weight excluding hydrogens is 202 g/mol. The maximum absolute atomic E-state index is 5.70. The molecule has 1 aromatic heterocycles. The molecular formula is C12H15N3O. The summed E-state index contributed by atoms with van der Waals surface area (Å²) in [6.45, 7) is 4.58. The Bertz CT molecular complexity index is 454. The Labute approximate surface area is 94.6 Å². The van der Waals surface area contributed by atoms with Crippen LogP contribution >= 0.6 is 0 Å². The molecule has 2 N–H and O–H groups in total. The largest absolute Gasteiger partial charge is 0.494 e. The minimum atomic E-state index is 0.564. The van der Waals surface area contributed by atoms with E-state index in [4.69, 9.17) is 10.5 Å². The molecule has 0 radical (unpaired) electrons. The van der Waals surface area contributed by atoms with Crippen LogP contribution in [0.5, 0.6) is 5.75 Å². The molecule has 0 amide bonds. The fourth-order valence-corrected chi connectivity index (χ4v) is 1.47. The van der Waals surface area contributed by atoms with Gasteiger partial charge in [-0.15, -0.1) is 0 Å². The quantitative estimate of drug-likeness (QED) is 0.857. The van der Waals surface area contributed by atoms with E-state index in [0.717, 1.165) is 17.0 Å². The van der Waals surface area contributed by atoms with Crippen molar-refractivity contribution in [3.8, 4) is 11.4 Å². The number of aryl methyl sites for hydroxylation is 1. The lowest BCUT2D eigenvalue weighted by molar-refractivity contribution is 0.340. The van der Waals surface area contributed by atoms with Gasteiger partial charge in [-0.25, -0.2) is 4.68 Å². The van der Waals surface area contributed by atoms with Crippen molar-refractivity contribution in [3.63, 3.8) is 0 Å². The van der Waals surface area contributed by atoms with Crippen LogP contribution in [0.3, 0.4) is 0 Å². The Hall–Kier alpha value is -1.97. The van der Waals surface area contributed by atoms with E-state index in [2.05, 4.69) is 5.10 Å². The van der Waals surface area contributed by atoms with Crippen molar-refractivity contribution in [2.45, 2.75) is 13.8 Å². The van der Waals surface area contributed by atoms with Crippen molar-refractivity contribution in [3.05, 3.63) is 36.0 Å². The molecule has 4 nitrogen and oxygen atoms in total.